The second-order valence-electron chi connectivity index (χ2n) is 5.67. The molecule has 0 aromatic rings. The molecule has 2 rings (SSSR count). The highest BCUT2D eigenvalue weighted by Gasteiger charge is 2.29. The van der Waals surface area contributed by atoms with Gasteiger partial charge in [0, 0.05) is 12.5 Å². The minimum absolute atomic E-state index is 0.00167. The van der Waals surface area contributed by atoms with E-state index in [-0.39, 0.29) is 17.9 Å². The third-order valence-corrected chi connectivity index (χ3v) is 4.20. The van der Waals surface area contributed by atoms with Gasteiger partial charge in [0.15, 0.2) is 0 Å². The predicted octanol–water partition coefficient (Wildman–Crippen LogP) is 1.74. The molecule has 1 saturated heterocycles. The van der Waals surface area contributed by atoms with Crippen LogP contribution in [0.4, 0.5) is 0 Å². The minimum atomic E-state index is -0.286. The molecule has 1 unspecified atom stereocenters. The summed E-state index contributed by atoms with van der Waals surface area (Å²) in [7, 11) is 0. The predicted molar refractivity (Wildman–Crippen MR) is 70.0 cm³/mol. The van der Waals surface area contributed by atoms with Crippen molar-refractivity contribution in [1.29, 1.82) is 0 Å². The summed E-state index contributed by atoms with van der Waals surface area (Å²) in [5.74, 6) is 0.871. The standard InChI is InChI=1S/C14H24N2O2/c1-2-3-10-4-6-11(7-5-10)15-14(18)12-8-9-13(17)16-12/h10-12H,2-9H2,1H3,(H,15,18)(H,16,17). The van der Waals surface area contributed by atoms with Gasteiger partial charge in [-0.2, -0.15) is 0 Å². The van der Waals surface area contributed by atoms with Gasteiger partial charge < -0.3 is 10.6 Å². The van der Waals surface area contributed by atoms with Gasteiger partial charge in [0.1, 0.15) is 6.04 Å². The van der Waals surface area contributed by atoms with Gasteiger partial charge in [-0.1, -0.05) is 19.8 Å². The molecule has 4 nitrogen and oxygen atoms in total. The Kier molecular flexibility index (Phi) is 4.61. The molecule has 0 aromatic heterocycles. The lowest BCUT2D eigenvalue weighted by molar-refractivity contribution is -0.126. The van der Waals surface area contributed by atoms with E-state index >= 15 is 0 Å². The summed E-state index contributed by atoms with van der Waals surface area (Å²) in [6, 6.07) is 0.0361. The van der Waals surface area contributed by atoms with Crippen molar-refractivity contribution in [2.45, 2.75) is 70.4 Å². The summed E-state index contributed by atoms with van der Waals surface area (Å²) in [4.78, 5) is 23.0. The minimum Gasteiger partial charge on any atom is -0.352 e. The van der Waals surface area contributed by atoms with Crippen molar-refractivity contribution in [2.75, 3.05) is 0 Å². The first-order chi connectivity index (χ1) is 8.69. The van der Waals surface area contributed by atoms with Crippen molar-refractivity contribution >= 4 is 11.8 Å². The SMILES string of the molecule is CCCC1CCC(NC(=O)C2CCC(=O)N2)CC1. The van der Waals surface area contributed by atoms with Crippen LogP contribution in [0, 0.1) is 5.92 Å². The summed E-state index contributed by atoms with van der Waals surface area (Å²) < 4.78 is 0. The molecule has 1 aliphatic heterocycles. The van der Waals surface area contributed by atoms with Gasteiger partial charge in [-0.05, 0) is 38.0 Å². The molecule has 1 aliphatic carbocycles. The van der Waals surface area contributed by atoms with E-state index in [9.17, 15) is 9.59 Å². The highest BCUT2D eigenvalue weighted by atomic mass is 16.2. The van der Waals surface area contributed by atoms with Gasteiger partial charge in [0.2, 0.25) is 11.8 Å². The smallest absolute Gasteiger partial charge is 0.242 e. The molecule has 1 heterocycles. The van der Waals surface area contributed by atoms with E-state index in [1.165, 1.54) is 25.7 Å². The fourth-order valence-corrected chi connectivity index (χ4v) is 3.12. The summed E-state index contributed by atoms with van der Waals surface area (Å²) in [5, 5.41) is 5.81. The number of amides is 2. The second kappa shape index (κ2) is 6.21. The molecule has 2 fully saturated rings. The first kappa shape index (κ1) is 13.4. The third-order valence-electron chi connectivity index (χ3n) is 4.20. The van der Waals surface area contributed by atoms with Gasteiger partial charge in [0.05, 0.1) is 0 Å². The van der Waals surface area contributed by atoms with Crippen LogP contribution in [0.3, 0.4) is 0 Å². The molecule has 0 aromatic carbocycles. The van der Waals surface area contributed by atoms with E-state index < -0.39 is 0 Å². The van der Waals surface area contributed by atoms with E-state index in [2.05, 4.69) is 17.6 Å². The largest absolute Gasteiger partial charge is 0.352 e. The van der Waals surface area contributed by atoms with E-state index in [1.807, 2.05) is 0 Å². The Labute approximate surface area is 109 Å². The van der Waals surface area contributed by atoms with Crippen LogP contribution in [-0.2, 0) is 9.59 Å². The van der Waals surface area contributed by atoms with E-state index in [0.29, 0.717) is 18.9 Å². The number of rotatable bonds is 4. The molecule has 2 amide bonds. The van der Waals surface area contributed by atoms with Gasteiger partial charge in [-0.3, -0.25) is 9.59 Å². The molecule has 1 saturated carbocycles. The van der Waals surface area contributed by atoms with Gasteiger partial charge in [-0.25, -0.2) is 0 Å². The Morgan fingerprint density at radius 2 is 2.00 bits per heavy atom. The molecule has 4 heteroatoms. The van der Waals surface area contributed by atoms with Crippen molar-refractivity contribution < 1.29 is 9.59 Å². The quantitative estimate of drug-likeness (QED) is 0.800. The van der Waals surface area contributed by atoms with E-state index in [0.717, 1.165) is 18.8 Å². The molecule has 18 heavy (non-hydrogen) atoms. The summed E-state index contributed by atoms with van der Waals surface area (Å²) in [6.45, 7) is 2.23. The van der Waals surface area contributed by atoms with Crippen molar-refractivity contribution in [3.05, 3.63) is 0 Å². The number of carbonyl (C=O) groups is 2. The maximum atomic E-state index is 11.9. The normalized spacial score (nSPS) is 32.1. The zero-order valence-corrected chi connectivity index (χ0v) is 11.2. The average molecular weight is 252 g/mol. The Hall–Kier alpha value is -1.06. The number of carbonyl (C=O) groups excluding carboxylic acids is 2. The molecular formula is C14H24N2O2. The lowest BCUT2D eigenvalue weighted by atomic mass is 9.83. The van der Waals surface area contributed by atoms with Crippen LogP contribution in [0.1, 0.15) is 58.3 Å². The van der Waals surface area contributed by atoms with Crippen LogP contribution < -0.4 is 10.6 Å². The molecule has 0 radical (unpaired) electrons. The highest BCUT2D eigenvalue weighted by molar-refractivity contribution is 5.90. The summed E-state index contributed by atoms with van der Waals surface area (Å²) in [5.41, 5.74) is 0. The Morgan fingerprint density at radius 3 is 2.56 bits per heavy atom. The van der Waals surface area contributed by atoms with E-state index in [4.69, 9.17) is 0 Å². The number of nitrogens with one attached hydrogen (secondary N) is 2. The van der Waals surface area contributed by atoms with Gasteiger partial charge in [-0.15, -0.1) is 0 Å². The zero-order valence-electron chi connectivity index (χ0n) is 11.2. The molecule has 2 N–H and O–H groups in total. The zero-order chi connectivity index (χ0) is 13.0. The highest BCUT2D eigenvalue weighted by Crippen LogP contribution is 2.27. The number of hydrogen-bond acceptors (Lipinski definition) is 2. The second-order valence-corrected chi connectivity index (χ2v) is 5.67. The molecule has 1 atom stereocenters. The average Bonchev–Trinajstić information content (AvgIpc) is 2.79. The van der Waals surface area contributed by atoms with Crippen molar-refractivity contribution in [3.8, 4) is 0 Å². The topological polar surface area (TPSA) is 58.2 Å². The maximum absolute atomic E-state index is 11.9. The lowest BCUT2D eigenvalue weighted by Gasteiger charge is -2.29. The maximum Gasteiger partial charge on any atom is 0.242 e. The van der Waals surface area contributed by atoms with Crippen molar-refractivity contribution in [2.24, 2.45) is 5.92 Å². The van der Waals surface area contributed by atoms with Crippen LogP contribution in [0.15, 0.2) is 0 Å². The summed E-state index contributed by atoms with van der Waals surface area (Å²) in [6.07, 6.45) is 8.37. The Bertz CT molecular complexity index is 309. The fourth-order valence-electron chi connectivity index (χ4n) is 3.12. The monoisotopic (exact) mass is 252 g/mol. The Morgan fingerprint density at radius 1 is 1.28 bits per heavy atom. The molecule has 0 spiro atoms. The van der Waals surface area contributed by atoms with Gasteiger partial charge in [0.25, 0.3) is 0 Å². The third kappa shape index (κ3) is 3.47. The van der Waals surface area contributed by atoms with E-state index in [1.54, 1.807) is 0 Å². The van der Waals surface area contributed by atoms with Crippen LogP contribution in [0.2, 0.25) is 0 Å². The van der Waals surface area contributed by atoms with Crippen LogP contribution in [-0.4, -0.2) is 23.9 Å². The van der Waals surface area contributed by atoms with Crippen molar-refractivity contribution in [3.63, 3.8) is 0 Å². The Balaban J connectivity index is 1.71. The molecular weight excluding hydrogens is 228 g/mol. The first-order valence-corrected chi connectivity index (χ1v) is 7.28. The fraction of sp³-hybridized carbons (Fsp3) is 0.857. The van der Waals surface area contributed by atoms with Gasteiger partial charge >= 0.3 is 0 Å². The van der Waals surface area contributed by atoms with Crippen LogP contribution >= 0.6 is 0 Å². The molecule has 2 aliphatic rings. The van der Waals surface area contributed by atoms with Crippen molar-refractivity contribution in [1.82, 2.24) is 10.6 Å². The number of hydrogen-bond donors (Lipinski definition) is 2. The lowest BCUT2D eigenvalue weighted by Crippen LogP contribution is -2.46. The summed E-state index contributed by atoms with van der Waals surface area (Å²) >= 11 is 0. The molecule has 102 valence electrons. The van der Waals surface area contributed by atoms with Crippen LogP contribution in [0.25, 0.3) is 0 Å². The van der Waals surface area contributed by atoms with Crippen LogP contribution in [0.5, 0.6) is 0 Å². The first-order valence-electron chi connectivity index (χ1n) is 7.28. The molecule has 0 bridgehead atoms.